The van der Waals surface area contributed by atoms with Crippen LogP contribution in [0, 0.1) is 6.92 Å². The molecule has 1 amide bonds. The van der Waals surface area contributed by atoms with Crippen molar-refractivity contribution >= 4 is 29.2 Å². The first-order valence-electron chi connectivity index (χ1n) is 9.21. The summed E-state index contributed by atoms with van der Waals surface area (Å²) in [6.45, 7) is 4.49. The molecule has 4 rings (SSSR count). The number of hydrogen-bond donors (Lipinski definition) is 0. The molecule has 0 aromatic heterocycles. The lowest BCUT2D eigenvalue weighted by atomic mass is 9.84. The Bertz CT molecular complexity index is 981. The number of halogens is 1. The predicted molar refractivity (Wildman–Crippen MR) is 107 cm³/mol. The van der Waals surface area contributed by atoms with Gasteiger partial charge in [-0.3, -0.25) is 9.69 Å². The van der Waals surface area contributed by atoms with Crippen LogP contribution in [0.4, 0.5) is 5.69 Å². The van der Waals surface area contributed by atoms with Gasteiger partial charge in [0.05, 0.1) is 23.6 Å². The molecule has 2 aromatic carbocycles. The number of carbonyl (C=O) groups is 2. The van der Waals surface area contributed by atoms with E-state index in [0.717, 1.165) is 16.9 Å². The molecule has 5 nitrogen and oxygen atoms in total. The number of amides is 1. The minimum atomic E-state index is -0.371. The molecule has 1 atom stereocenters. The predicted octanol–water partition coefficient (Wildman–Crippen LogP) is 4.38. The number of rotatable bonds is 4. The van der Waals surface area contributed by atoms with E-state index < -0.39 is 0 Å². The molecule has 144 valence electrons. The van der Waals surface area contributed by atoms with Gasteiger partial charge in [0.25, 0.3) is 0 Å². The maximum absolute atomic E-state index is 13.1. The van der Waals surface area contributed by atoms with E-state index in [9.17, 15) is 9.59 Å². The molecule has 0 bridgehead atoms. The van der Waals surface area contributed by atoms with E-state index in [0.29, 0.717) is 28.6 Å². The maximum Gasteiger partial charge on any atom is 0.336 e. The molecule has 0 aliphatic carbocycles. The molecule has 2 aliphatic heterocycles. The number of hydrogen-bond acceptors (Lipinski definition) is 4. The Hall–Kier alpha value is -2.79. The van der Waals surface area contributed by atoms with E-state index in [-0.39, 0.29) is 30.8 Å². The summed E-state index contributed by atoms with van der Waals surface area (Å²) >= 11 is 6.25. The molecule has 0 radical (unpaired) electrons. The lowest BCUT2D eigenvalue weighted by Crippen LogP contribution is -2.37. The summed E-state index contributed by atoms with van der Waals surface area (Å²) in [7, 11) is 0. The second-order valence-corrected chi connectivity index (χ2v) is 7.27. The van der Waals surface area contributed by atoms with Crippen molar-refractivity contribution in [2.75, 3.05) is 18.1 Å². The molecule has 2 heterocycles. The molecule has 2 aliphatic rings. The minimum Gasteiger partial charge on any atom is -0.494 e. The van der Waals surface area contributed by atoms with Gasteiger partial charge in [-0.1, -0.05) is 29.8 Å². The Morgan fingerprint density at radius 3 is 2.61 bits per heavy atom. The van der Waals surface area contributed by atoms with E-state index in [1.54, 1.807) is 11.0 Å². The first-order chi connectivity index (χ1) is 13.5. The van der Waals surface area contributed by atoms with Gasteiger partial charge in [0.2, 0.25) is 5.91 Å². The van der Waals surface area contributed by atoms with Gasteiger partial charge in [-0.05, 0) is 49.2 Å². The fourth-order valence-electron chi connectivity index (χ4n) is 3.72. The zero-order valence-electron chi connectivity index (χ0n) is 15.7. The molecule has 2 aromatic rings. The Labute approximate surface area is 168 Å². The highest BCUT2D eigenvalue weighted by Crippen LogP contribution is 2.42. The van der Waals surface area contributed by atoms with Gasteiger partial charge in [-0.25, -0.2) is 4.79 Å². The molecule has 28 heavy (non-hydrogen) atoms. The third-order valence-corrected chi connectivity index (χ3v) is 5.53. The topological polar surface area (TPSA) is 55.8 Å². The van der Waals surface area contributed by atoms with Crippen LogP contribution in [0.25, 0.3) is 0 Å². The van der Waals surface area contributed by atoms with Crippen LogP contribution in [-0.4, -0.2) is 25.1 Å². The number of esters is 1. The number of benzene rings is 2. The first kappa shape index (κ1) is 18.6. The highest BCUT2D eigenvalue weighted by molar-refractivity contribution is 6.31. The Morgan fingerprint density at radius 1 is 1.18 bits per heavy atom. The number of nitrogens with zero attached hydrogens (tertiary/aromatic N) is 1. The van der Waals surface area contributed by atoms with E-state index in [1.165, 1.54) is 0 Å². The van der Waals surface area contributed by atoms with Crippen LogP contribution in [-0.2, 0) is 14.3 Å². The van der Waals surface area contributed by atoms with E-state index >= 15 is 0 Å². The van der Waals surface area contributed by atoms with Crippen LogP contribution >= 0.6 is 11.6 Å². The standard InChI is InChI=1S/C22H20ClNO4/c1-3-27-16-8-5-14(6-9-16)17-11-20(25)24(19-12-28-22(26)21(17)19)15-7-4-13(2)18(23)10-15/h4-10,17H,3,11-12H2,1-2H3. The molecule has 0 N–H and O–H groups in total. The highest BCUT2D eigenvalue weighted by Gasteiger charge is 2.43. The fourth-order valence-corrected chi connectivity index (χ4v) is 3.90. The Balaban J connectivity index is 1.76. The van der Waals surface area contributed by atoms with Crippen molar-refractivity contribution in [1.29, 1.82) is 0 Å². The zero-order valence-corrected chi connectivity index (χ0v) is 16.5. The molecule has 6 heteroatoms. The lowest BCUT2D eigenvalue weighted by molar-refractivity contribution is -0.136. The SMILES string of the molecule is CCOc1ccc(C2CC(=O)N(c3ccc(C)c(Cl)c3)C3=C2C(=O)OC3)cc1. The highest BCUT2D eigenvalue weighted by atomic mass is 35.5. The molecule has 1 unspecified atom stereocenters. The first-order valence-corrected chi connectivity index (χ1v) is 9.59. The minimum absolute atomic E-state index is 0.0823. The second-order valence-electron chi connectivity index (χ2n) is 6.86. The number of aryl methyl sites for hydroxylation is 1. The van der Waals surface area contributed by atoms with Gasteiger partial charge >= 0.3 is 5.97 Å². The van der Waals surface area contributed by atoms with Crippen molar-refractivity contribution in [3.05, 3.63) is 69.9 Å². The van der Waals surface area contributed by atoms with E-state index in [4.69, 9.17) is 21.1 Å². The largest absolute Gasteiger partial charge is 0.494 e. The number of ether oxygens (including phenoxy) is 2. The summed E-state index contributed by atoms with van der Waals surface area (Å²) in [5.74, 6) is -0.0293. The normalized spacial score (nSPS) is 19.0. The molecule has 0 saturated carbocycles. The summed E-state index contributed by atoms with van der Waals surface area (Å²) < 4.78 is 10.8. The third-order valence-electron chi connectivity index (χ3n) is 5.12. The number of anilines is 1. The van der Waals surface area contributed by atoms with Crippen molar-refractivity contribution in [3.63, 3.8) is 0 Å². The van der Waals surface area contributed by atoms with Gasteiger partial charge < -0.3 is 9.47 Å². The van der Waals surface area contributed by atoms with Crippen LogP contribution in [0.15, 0.2) is 53.7 Å². The van der Waals surface area contributed by atoms with Crippen molar-refractivity contribution in [2.45, 2.75) is 26.2 Å². The molecular weight excluding hydrogens is 378 g/mol. The van der Waals surface area contributed by atoms with E-state index in [2.05, 4.69) is 0 Å². The summed E-state index contributed by atoms with van der Waals surface area (Å²) in [4.78, 5) is 27.1. The maximum atomic E-state index is 13.1. The quantitative estimate of drug-likeness (QED) is 0.718. The summed E-state index contributed by atoms with van der Waals surface area (Å²) in [6, 6.07) is 13.0. The zero-order chi connectivity index (χ0) is 19.8. The van der Waals surface area contributed by atoms with Crippen molar-refractivity contribution in [2.24, 2.45) is 0 Å². The van der Waals surface area contributed by atoms with Gasteiger partial charge in [0.1, 0.15) is 12.4 Å². The fraction of sp³-hybridized carbons (Fsp3) is 0.273. The van der Waals surface area contributed by atoms with Gasteiger partial charge in [-0.15, -0.1) is 0 Å². The molecule has 0 spiro atoms. The number of carbonyl (C=O) groups excluding carboxylic acids is 2. The number of cyclic esters (lactones) is 1. The summed E-state index contributed by atoms with van der Waals surface area (Å²) in [5.41, 5.74) is 3.61. The van der Waals surface area contributed by atoms with Crippen molar-refractivity contribution < 1.29 is 19.1 Å². The van der Waals surface area contributed by atoms with Crippen molar-refractivity contribution in [1.82, 2.24) is 0 Å². The third kappa shape index (κ3) is 3.16. The van der Waals surface area contributed by atoms with Crippen LogP contribution in [0.2, 0.25) is 5.02 Å². The monoisotopic (exact) mass is 397 g/mol. The second kappa shape index (κ2) is 7.32. The van der Waals surface area contributed by atoms with E-state index in [1.807, 2.05) is 50.2 Å². The Morgan fingerprint density at radius 2 is 1.93 bits per heavy atom. The molecule has 0 fully saturated rings. The van der Waals surface area contributed by atoms with Crippen LogP contribution < -0.4 is 9.64 Å². The molecular formula is C22H20ClNO4. The van der Waals surface area contributed by atoms with Gasteiger partial charge in [-0.2, -0.15) is 0 Å². The van der Waals surface area contributed by atoms with Crippen LogP contribution in [0.5, 0.6) is 5.75 Å². The summed E-state index contributed by atoms with van der Waals surface area (Å²) in [5, 5.41) is 0.575. The Kier molecular flexibility index (Phi) is 4.85. The molecule has 0 saturated heterocycles. The smallest absolute Gasteiger partial charge is 0.336 e. The average Bonchev–Trinajstić information content (AvgIpc) is 3.06. The van der Waals surface area contributed by atoms with Crippen molar-refractivity contribution in [3.8, 4) is 5.75 Å². The lowest BCUT2D eigenvalue weighted by Gasteiger charge is -2.32. The summed E-state index contributed by atoms with van der Waals surface area (Å²) in [6.07, 6.45) is 0.188. The van der Waals surface area contributed by atoms with Crippen LogP contribution in [0.1, 0.15) is 30.4 Å². The van der Waals surface area contributed by atoms with Gasteiger partial charge in [0.15, 0.2) is 0 Å². The van der Waals surface area contributed by atoms with Crippen LogP contribution in [0.3, 0.4) is 0 Å². The van der Waals surface area contributed by atoms with Gasteiger partial charge in [0, 0.05) is 17.4 Å². The average molecular weight is 398 g/mol.